The fourth-order valence-electron chi connectivity index (χ4n) is 4.37. The number of nitrogens with zero attached hydrogens (tertiary/aromatic N) is 3. The molecule has 180 valence electrons. The number of aromatic nitrogens is 2. The number of carbonyl (C=O) groups is 1. The number of primary amides is 1. The fourth-order valence-corrected chi connectivity index (χ4v) is 4.37. The molecule has 1 fully saturated rings. The SMILES string of the molecule is CCOCCOCCOc1ncc(C)cc1-c1ccc(C(N)=O)c(N2C[C@@H](C)CC2(C)C)n1. The van der Waals surface area contributed by atoms with Gasteiger partial charge in [0, 0.05) is 24.9 Å². The first kappa shape index (κ1) is 24.9. The molecular formula is C25H36N4O4. The molecule has 33 heavy (non-hydrogen) atoms. The van der Waals surface area contributed by atoms with Gasteiger partial charge in [-0.25, -0.2) is 9.97 Å². The van der Waals surface area contributed by atoms with Crippen LogP contribution in [0, 0.1) is 12.8 Å². The van der Waals surface area contributed by atoms with Crippen molar-refractivity contribution in [3.63, 3.8) is 0 Å². The standard InChI is InChI=1S/C25H36N4O4/c1-6-31-9-10-32-11-12-33-24-20(13-17(2)15-27-24)21-8-7-19(22(26)30)23(28-21)29-16-18(3)14-25(29,4)5/h7-8,13,15,18H,6,9-12,14,16H2,1-5H3,(H2,26,30)/t18-/m0/s1. The molecule has 0 saturated carbocycles. The number of nitrogens with two attached hydrogens (primary N) is 1. The van der Waals surface area contributed by atoms with Crippen LogP contribution in [0.4, 0.5) is 5.82 Å². The van der Waals surface area contributed by atoms with Crippen molar-refractivity contribution < 1.29 is 19.0 Å². The number of hydrogen-bond acceptors (Lipinski definition) is 7. The lowest BCUT2D eigenvalue weighted by Gasteiger charge is -2.33. The van der Waals surface area contributed by atoms with Gasteiger partial charge in [0.15, 0.2) is 0 Å². The summed E-state index contributed by atoms with van der Waals surface area (Å²) in [5.41, 5.74) is 8.45. The number of anilines is 1. The number of ether oxygens (including phenoxy) is 3. The molecule has 1 aliphatic rings. The minimum atomic E-state index is -0.484. The molecule has 0 aliphatic carbocycles. The minimum absolute atomic E-state index is 0.127. The average Bonchev–Trinajstić information content (AvgIpc) is 3.05. The van der Waals surface area contributed by atoms with E-state index < -0.39 is 5.91 Å². The fraction of sp³-hybridized carbons (Fsp3) is 0.560. The van der Waals surface area contributed by atoms with Crippen LogP contribution in [-0.2, 0) is 9.47 Å². The lowest BCUT2D eigenvalue weighted by molar-refractivity contribution is 0.0400. The molecule has 8 heteroatoms. The molecule has 1 amide bonds. The van der Waals surface area contributed by atoms with Gasteiger partial charge in [0.2, 0.25) is 5.88 Å². The number of carbonyl (C=O) groups excluding carboxylic acids is 1. The van der Waals surface area contributed by atoms with Gasteiger partial charge >= 0.3 is 0 Å². The van der Waals surface area contributed by atoms with E-state index in [0.717, 1.165) is 24.1 Å². The highest BCUT2D eigenvalue weighted by molar-refractivity contribution is 5.98. The molecule has 0 bridgehead atoms. The van der Waals surface area contributed by atoms with Crippen molar-refractivity contribution in [2.75, 3.05) is 44.5 Å². The topological polar surface area (TPSA) is 99.8 Å². The molecule has 1 saturated heterocycles. The van der Waals surface area contributed by atoms with Crippen LogP contribution in [0.1, 0.15) is 50.0 Å². The molecule has 0 spiro atoms. The molecule has 1 aliphatic heterocycles. The Balaban J connectivity index is 1.87. The quantitative estimate of drug-likeness (QED) is 0.516. The lowest BCUT2D eigenvalue weighted by Crippen LogP contribution is -2.40. The molecular weight excluding hydrogens is 420 g/mol. The Labute approximate surface area is 196 Å². The van der Waals surface area contributed by atoms with Crippen molar-refractivity contribution in [2.24, 2.45) is 11.7 Å². The average molecular weight is 457 g/mol. The molecule has 1 atom stereocenters. The highest BCUT2D eigenvalue weighted by Crippen LogP contribution is 2.39. The van der Waals surface area contributed by atoms with E-state index in [0.29, 0.717) is 61.9 Å². The van der Waals surface area contributed by atoms with E-state index in [-0.39, 0.29) is 5.54 Å². The monoisotopic (exact) mass is 456 g/mol. The molecule has 0 unspecified atom stereocenters. The maximum atomic E-state index is 12.2. The smallest absolute Gasteiger partial charge is 0.252 e. The second-order valence-electron chi connectivity index (χ2n) is 9.19. The zero-order valence-electron chi connectivity index (χ0n) is 20.4. The Morgan fingerprint density at radius 1 is 1.21 bits per heavy atom. The van der Waals surface area contributed by atoms with E-state index in [9.17, 15) is 4.79 Å². The van der Waals surface area contributed by atoms with Gasteiger partial charge in [-0.2, -0.15) is 0 Å². The molecule has 2 aromatic heterocycles. The largest absolute Gasteiger partial charge is 0.475 e. The summed E-state index contributed by atoms with van der Waals surface area (Å²) < 4.78 is 16.7. The van der Waals surface area contributed by atoms with Crippen molar-refractivity contribution in [1.29, 1.82) is 0 Å². The summed E-state index contributed by atoms with van der Waals surface area (Å²) in [5.74, 6) is 1.10. The molecule has 0 aromatic carbocycles. The third-order valence-electron chi connectivity index (χ3n) is 5.78. The van der Waals surface area contributed by atoms with Gasteiger partial charge in [0.05, 0.1) is 36.6 Å². The Morgan fingerprint density at radius 2 is 1.94 bits per heavy atom. The van der Waals surface area contributed by atoms with Gasteiger partial charge in [-0.3, -0.25) is 4.79 Å². The van der Waals surface area contributed by atoms with E-state index in [1.54, 1.807) is 18.3 Å². The van der Waals surface area contributed by atoms with Crippen LogP contribution < -0.4 is 15.4 Å². The summed E-state index contributed by atoms with van der Waals surface area (Å²) >= 11 is 0. The van der Waals surface area contributed by atoms with Crippen molar-refractivity contribution in [1.82, 2.24) is 9.97 Å². The third kappa shape index (κ3) is 6.21. The van der Waals surface area contributed by atoms with Gasteiger partial charge in [-0.1, -0.05) is 6.92 Å². The second-order valence-corrected chi connectivity index (χ2v) is 9.19. The van der Waals surface area contributed by atoms with Crippen molar-refractivity contribution in [2.45, 2.75) is 46.6 Å². The van der Waals surface area contributed by atoms with Gasteiger partial charge in [0.1, 0.15) is 12.4 Å². The first-order chi connectivity index (χ1) is 15.7. The number of amides is 1. The Bertz CT molecular complexity index is 963. The van der Waals surface area contributed by atoms with E-state index in [1.807, 2.05) is 19.9 Å². The molecule has 3 rings (SSSR count). The zero-order chi connectivity index (χ0) is 24.0. The number of hydrogen-bond donors (Lipinski definition) is 1. The van der Waals surface area contributed by atoms with E-state index in [4.69, 9.17) is 24.9 Å². The first-order valence-electron chi connectivity index (χ1n) is 11.6. The van der Waals surface area contributed by atoms with Crippen LogP contribution in [0.25, 0.3) is 11.3 Å². The van der Waals surface area contributed by atoms with Gasteiger partial charge in [0.25, 0.3) is 5.91 Å². The van der Waals surface area contributed by atoms with Crippen LogP contribution in [0.2, 0.25) is 0 Å². The van der Waals surface area contributed by atoms with Gasteiger partial charge in [-0.15, -0.1) is 0 Å². The van der Waals surface area contributed by atoms with Gasteiger partial charge in [-0.05, 0) is 63.8 Å². The summed E-state index contributed by atoms with van der Waals surface area (Å²) in [6.45, 7) is 13.8. The highest BCUT2D eigenvalue weighted by Gasteiger charge is 2.38. The molecule has 8 nitrogen and oxygen atoms in total. The third-order valence-corrected chi connectivity index (χ3v) is 5.78. The summed E-state index contributed by atoms with van der Waals surface area (Å²) in [7, 11) is 0. The first-order valence-corrected chi connectivity index (χ1v) is 11.6. The number of rotatable bonds is 11. The van der Waals surface area contributed by atoms with Crippen LogP contribution >= 0.6 is 0 Å². The van der Waals surface area contributed by atoms with E-state index in [1.165, 1.54) is 0 Å². The minimum Gasteiger partial charge on any atom is -0.475 e. The van der Waals surface area contributed by atoms with Crippen LogP contribution in [0.5, 0.6) is 5.88 Å². The predicted molar refractivity (Wildman–Crippen MR) is 129 cm³/mol. The molecule has 2 aromatic rings. The highest BCUT2D eigenvalue weighted by atomic mass is 16.5. The van der Waals surface area contributed by atoms with Crippen molar-refractivity contribution in [3.8, 4) is 17.1 Å². The van der Waals surface area contributed by atoms with Crippen LogP contribution in [-0.4, -0.2) is 61.0 Å². The second kappa shape index (κ2) is 10.9. The lowest BCUT2D eigenvalue weighted by atomic mass is 9.97. The predicted octanol–water partition coefficient (Wildman–Crippen LogP) is 3.61. The Morgan fingerprint density at radius 3 is 2.61 bits per heavy atom. The molecule has 2 N–H and O–H groups in total. The Hall–Kier alpha value is -2.71. The Kier molecular flexibility index (Phi) is 8.26. The molecule has 3 heterocycles. The summed E-state index contributed by atoms with van der Waals surface area (Å²) in [6.07, 6.45) is 2.78. The number of aryl methyl sites for hydroxylation is 1. The van der Waals surface area contributed by atoms with Crippen LogP contribution in [0.15, 0.2) is 24.4 Å². The molecule has 0 radical (unpaired) electrons. The summed E-state index contributed by atoms with van der Waals surface area (Å²) in [5, 5.41) is 0. The summed E-state index contributed by atoms with van der Waals surface area (Å²) in [4.78, 5) is 23.8. The maximum absolute atomic E-state index is 12.2. The van der Waals surface area contributed by atoms with Crippen LogP contribution in [0.3, 0.4) is 0 Å². The van der Waals surface area contributed by atoms with Gasteiger partial charge < -0.3 is 24.8 Å². The van der Waals surface area contributed by atoms with E-state index in [2.05, 4.69) is 30.7 Å². The maximum Gasteiger partial charge on any atom is 0.252 e. The normalized spacial score (nSPS) is 17.4. The van der Waals surface area contributed by atoms with Crippen molar-refractivity contribution >= 4 is 11.7 Å². The summed E-state index contributed by atoms with van der Waals surface area (Å²) in [6, 6.07) is 5.55. The zero-order valence-corrected chi connectivity index (χ0v) is 20.4. The van der Waals surface area contributed by atoms with Crippen molar-refractivity contribution in [3.05, 3.63) is 35.5 Å². The number of pyridine rings is 2. The van der Waals surface area contributed by atoms with E-state index >= 15 is 0 Å².